The van der Waals surface area contributed by atoms with Gasteiger partial charge in [-0.2, -0.15) is 4.98 Å². The number of benzene rings is 1. The molecule has 4 rings (SSSR count). The second-order valence-corrected chi connectivity index (χ2v) is 7.91. The Labute approximate surface area is 179 Å². The van der Waals surface area contributed by atoms with Gasteiger partial charge < -0.3 is 15.2 Å². The number of carbonyl (C=O) groups is 2. The van der Waals surface area contributed by atoms with E-state index in [4.69, 9.17) is 4.52 Å². The lowest BCUT2D eigenvalue weighted by atomic mass is 10.0. The number of aromatic nitrogens is 4. The van der Waals surface area contributed by atoms with Gasteiger partial charge in [-0.05, 0) is 32.8 Å². The molecule has 9 nitrogen and oxygen atoms in total. The Hall–Kier alpha value is -3.62. The predicted octanol–water partition coefficient (Wildman–Crippen LogP) is 2.34. The summed E-state index contributed by atoms with van der Waals surface area (Å²) >= 11 is 0. The highest BCUT2D eigenvalue weighted by Crippen LogP contribution is 2.39. The molecule has 2 aromatic heterocycles. The zero-order valence-electron chi connectivity index (χ0n) is 17.4. The summed E-state index contributed by atoms with van der Waals surface area (Å²) < 4.78 is 5.55. The molecule has 2 N–H and O–H groups in total. The molecule has 0 saturated heterocycles. The maximum absolute atomic E-state index is 12.7. The zero-order chi connectivity index (χ0) is 21.8. The van der Waals surface area contributed by atoms with E-state index in [9.17, 15) is 9.59 Å². The van der Waals surface area contributed by atoms with Crippen LogP contribution in [0.5, 0.6) is 0 Å². The Balaban J connectivity index is 1.57. The van der Waals surface area contributed by atoms with Crippen LogP contribution in [0.3, 0.4) is 0 Å². The molecule has 9 heteroatoms. The van der Waals surface area contributed by atoms with Crippen LogP contribution in [0.15, 0.2) is 53.3 Å². The van der Waals surface area contributed by atoms with Crippen LogP contribution in [-0.2, 0) is 4.79 Å². The molecule has 2 amide bonds. The molecule has 31 heavy (non-hydrogen) atoms. The van der Waals surface area contributed by atoms with Crippen molar-refractivity contribution in [2.24, 2.45) is 5.92 Å². The Morgan fingerprint density at radius 1 is 1.06 bits per heavy atom. The number of carbonyl (C=O) groups excluding carboxylic acids is 2. The Morgan fingerprint density at radius 3 is 2.52 bits per heavy atom. The monoisotopic (exact) mass is 420 g/mol. The highest BCUT2D eigenvalue weighted by Gasteiger charge is 2.42. The van der Waals surface area contributed by atoms with Crippen LogP contribution in [0.1, 0.15) is 49.1 Å². The fraction of sp³-hybridized carbons (Fsp3) is 0.364. The Kier molecular flexibility index (Phi) is 6.01. The van der Waals surface area contributed by atoms with E-state index < -0.39 is 5.91 Å². The van der Waals surface area contributed by atoms with Gasteiger partial charge in [0.1, 0.15) is 0 Å². The lowest BCUT2D eigenvalue weighted by Gasteiger charge is -2.17. The largest absolute Gasteiger partial charge is 0.354 e. The average molecular weight is 420 g/mol. The highest BCUT2D eigenvalue weighted by molar-refractivity contribution is 5.90. The van der Waals surface area contributed by atoms with E-state index in [-0.39, 0.29) is 35.7 Å². The van der Waals surface area contributed by atoms with Crippen molar-refractivity contribution >= 4 is 11.8 Å². The van der Waals surface area contributed by atoms with Gasteiger partial charge in [0.05, 0.1) is 5.92 Å². The molecule has 0 bridgehead atoms. The average Bonchev–Trinajstić information content (AvgIpc) is 3.42. The first-order chi connectivity index (χ1) is 15.0. The summed E-state index contributed by atoms with van der Waals surface area (Å²) in [5.41, 5.74) is 0.836. The highest BCUT2D eigenvalue weighted by atomic mass is 16.5. The van der Waals surface area contributed by atoms with Crippen LogP contribution in [-0.4, -0.2) is 44.0 Å². The van der Waals surface area contributed by atoms with Gasteiger partial charge >= 0.3 is 0 Å². The van der Waals surface area contributed by atoms with Gasteiger partial charge in [0.25, 0.3) is 5.91 Å². The van der Waals surface area contributed by atoms with Crippen LogP contribution in [0.25, 0.3) is 11.4 Å². The smallest absolute Gasteiger partial charge is 0.289 e. The van der Waals surface area contributed by atoms with Crippen molar-refractivity contribution < 1.29 is 14.1 Å². The molecule has 1 aliphatic rings. The number of nitrogens with zero attached hydrogens (tertiary/aromatic N) is 4. The van der Waals surface area contributed by atoms with Crippen LogP contribution in [0, 0.1) is 5.92 Å². The Morgan fingerprint density at radius 2 is 1.81 bits per heavy atom. The maximum Gasteiger partial charge on any atom is 0.289 e. The van der Waals surface area contributed by atoms with Crippen LogP contribution >= 0.6 is 0 Å². The quantitative estimate of drug-likeness (QED) is 0.627. The standard InChI is InChI=1S/C22H24N6O3/c1-13(2)25-20(29)15-11-16(17(12-15)26-21(30)19-23-9-6-10-24-19)22-27-18(28-31-22)14-7-4-3-5-8-14/h3-10,13,15-17H,11-12H2,1-2H3,(H,25,29)(H,26,30)/t15-,16-,17+/m1/s1. The number of hydrogen-bond acceptors (Lipinski definition) is 7. The number of amides is 2. The second kappa shape index (κ2) is 9.03. The van der Waals surface area contributed by atoms with E-state index in [2.05, 4.69) is 30.7 Å². The van der Waals surface area contributed by atoms with E-state index in [0.29, 0.717) is 24.6 Å². The SMILES string of the molecule is CC(C)NC(=O)[C@H]1C[C@H](NC(=O)c2ncccn2)[C@H](c2nc(-c3ccccc3)no2)C1. The fourth-order valence-corrected chi connectivity index (χ4v) is 3.83. The van der Waals surface area contributed by atoms with Crippen molar-refractivity contribution in [2.45, 2.75) is 44.7 Å². The first kappa shape index (κ1) is 20.6. The van der Waals surface area contributed by atoms with Crippen molar-refractivity contribution in [3.05, 3.63) is 60.5 Å². The minimum Gasteiger partial charge on any atom is -0.354 e. The summed E-state index contributed by atoms with van der Waals surface area (Å²) in [5.74, 6) is -0.0622. The van der Waals surface area contributed by atoms with Gasteiger partial charge in [0, 0.05) is 36.0 Å². The van der Waals surface area contributed by atoms with Gasteiger partial charge in [-0.25, -0.2) is 9.97 Å². The maximum atomic E-state index is 12.7. The molecule has 2 heterocycles. The molecule has 0 spiro atoms. The second-order valence-electron chi connectivity index (χ2n) is 7.91. The molecular formula is C22H24N6O3. The van der Waals surface area contributed by atoms with Gasteiger partial charge in [0.15, 0.2) is 0 Å². The third-order valence-electron chi connectivity index (χ3n) is 5.24. The normalized spacial score (nSPS) is 20.5. The van der Waals surface area contributed by atoms with Gasteiger partial charge in [-0.15, -0.1) is 0 Å². The number of hydrogen-bond donors (Lipinski definition) is 2. The van der Waals surface area contributed by atoms with Gasteiger partial charge in [-0.1, -0.05) is 35.5 Å². The first-order valence-electron chi connectivity index (χ1n) is 10.3. The molecule has 1 fully saturated rings. The molecule has 0 aliphatic heterocycles. The van der Waals surface area contributed by atoms with Crippen molar-refractivity contribution in [3.8, 4) is 11.4 Å². The molecule has 3 aromatic rings. The lowest BCUT2D eigenvalue weighted by molar-refractivity contribution is -0.125. The van der Waals surface area contributed by atoms with Gasteiger partial charge in [0.2, 0.25) is 23.4 Å². The fourth-order valence-electron chi connectivity index (χ4n) is 3.83. The van der Waals surface area contributed by atoms with E-state index in [1.165, 1.54) is 12.4 Å². The summed E-state index contributed by atoms with van der Waals surface area (Å²) in [5, 5.41) is 10.0. The van der Waals surface area contributed by atoms with Crippen molar-refractivity contribution in [2.75, 3.05) is 0 Å². The summed E-state index contributed by atoms with van der Waals surface area (Å²) in [7, 11) is 0. The lowest BCUT2D eigenvalue weighted by Crippen LogP contribution is -2.38. The summed E-state index contributed by atoms with van der Waals surface area (Å²) in [6, 6.07) is 10.8. The predicted molar refractivity (Wildman–Crippen MR) is 112 cm³/mol. The molecule has 3 atom stereocenters. The van der Waals surface area contributed by atoms with E-state index in [1.807, 2.05) is 44.2 Å². The third kappa shape index (κ3) is 4.76. The van der Waals surface area contributed by atoms with Crippen molar-refractivity contribution in [1.82, 2.24) is 30.7 Å². The zero-order valence-corrected chi connectivity index (χ0v) is 17.4. The van der Waals surface area contributed by atoms with Crippen molar-refractivity contribution in [1.29, 1.82) is 0 Å². The van der Waals surface area contributed by atoms with E-state index in [1.54, 1.807) is 6.07 Å². The molecule has 0 radical (unpaired) electrons. The topological polar surface area (TPSA) is 123 Å². The summed E-state index contributed by atoms with van der Waals surface area (Å²) in [6.45, 7) is 3.83. The number of nitrogens with one attached hydrogen (secondary N) is 2. The molecule has 160 valence electrons. The van der Waals surface area contributed by atoms with Crippen molar-refractivity contribution in [3.63, 3.8) is 0 Å². The first-order valence-corrected chi connectivity index (χ1v) is 10.3. The minimum atomic E-state index is -0.400. The Bertz CT molecular complexity index is 1040. The molecule has 1 aromatic carbocycles. The molecule has 1 aliphatic carbocycles. The minimum absolute atomic E-state index is 0.0328. The van der Waals surface area contributed by atoms with Crippen LogP contribution < -0.4 is 10.6 Å². The summed E-state index contributed by atoms with van der Waals surface area (Å²) in [6.07, 6.45) is 3.98. The van der Waals surface area contributed by atoms with Crippen LogP contribution in [0.2, 0.25) is 0 Å². The molecular weight excluding hydrogens is 396 g/mol. The third-order valence-corrected chi connectivity index (χ3v) is 5.24. The van der Waals surface area contributed by atoms with E-state index >= 15 is 0 Å². The van der Waals surface area contributed by atoms with Crippen LogP contribution in [0.4, 0.5) is 0 Å². The van der Waals surface area contributed by atoms with Gasteiger partial charge in [-0.3, -0.25) is 9.59 Å². The molecule has 1 saturated carbocycles. The molecule has 0 unspecified atom stereocenters. The summed E-state index contributed by atoms with van der Waals surface area (Å²) in [4.78, 5) is 37.9. The number of rotatable bonds is 6. The van der Waals surface area contributed by atoms with E-state index in [0.717, 1.165) is 5.56 Å².